The molecule has 1 unspecified atom stereocenters. The number of nitrogens with zero attached hydrogens (tertiary/aromatic N) is 3. The number of hydrogen-bond donors (Lipinski definition) is 0. The van der Waals surface area contributed by atoms with Crippen molar-refractivity contribution in [2.45, 2.75) is 12.6 Å². The molecule has 20 heavy (non-hydrogen) atoms. The van der Waals surface area contributed by atoms with Crippen LogP contribution >= 0.6 is 0 Å². The summed E-state index contributed by atoms with van der Waals surface area (Å²) in [4.78, 5) is 12.9. The van der Waals surface area contributed by atoms with Crippen molar-refractivity contribution in [3.63, 3.8) is 0 Å². The summed E-state index contributed by atoms with van der Waals surface area (Å²) >= 11 is 0. The highest BCUT2D eigenvalue weighted by Crippen LogP contribution is 2.34. The molecule has 1 aliphatic rings. The molecule has 0 N–H and O–H groups in total. The van der Waals surface area contributed by atoms with Gasteiger partial charge in [-0.25, -0.2) is 0 Å². The molecule has 0 spiro atoms. The average molecular weight is 279 g/mol. The van der Waals surface area contributed by atoms with Gasteiger partial charge in [-0.2, -0.15) is 23.7 Å². The van der Waals surface area contributed by atoms with Crippen LogP contribution < -0.4 is 4.90 Å². The van der Waals surface area contributed by atoms with Gasteiger partial charge in [0.25, 0.3) is 0 Å². The molecule has 7 heteroatoms. The molecule has 1 aliphatic heterocycles. The molecule has 1 fully saturated rings. The zero-order valence-corrected chi connectivity index (χ0v) is 10.1. The van der Waals surface area contributed by atoms with E-state index in [1.165, 1.54) is 4.90 Å². The molecule has 0 aliphatic carbocycles. The highest BCUT2D eigenvalue weighted by molar-refractivity contribution is 5.97. The van der Waals surface area contributed by atoms with E-state index >= 15 is 0 Å². The van der Waals surface area contributed by atoms with E-state index < -0.39 is 17.7 Å². The molecule has 1 heterocycles. The Morgan fingerprint density at radius 2 is 2.00 bits per heavy atom. The first-order valence-electron chi connectivity index (χ1n) is 5.68. The molecule has 0 bridgehead atoms. The second-order valence-corrected chi connectivity index (χ2v) is 4.38. The predicted molar refractivity (Wildman–Crippen MR) is 62.2 cm³/mol. The van der Waals surface area contributed by atoms with E-state index in [1.54, 1.807) is 6.07 Å². The molecule has 0 radical (unpaired) electrons. The maximum absolute atomic E-state index is 12.6. The third-order valence-electron chi connectivity index (χ3n) is 3.04. The number of halogens is 3. The van der Waals surface area contributed by atoms with Crippen molar-refractivity contribution in [1.82, 2.24) is 0 Å². The fourth-order valence-corrected chi connectivity index (χ4v) is 2.06. The molecule has 0 saturated carbocycles. The number of amides is 1. The van der Waals surface area contributed by atoms with E-state index in [0.29, 0.717) is 6.07 Å². The lowest BCUT2D eigenvalue weighted by Crippen LogP contribution is -2.25. The molecular formula is C13H8F3N3O. The summed E-state index contributed by atoms with van der Waals surface area (Å²) in [6.07, 6.45) is -4.53. The number of benzene rings is 1. The molecule has 1 aromatic carbocycles. The Balaban J connectivity index is 2.42. The van der Waals surface area contributed by atoms with Crippen molar-refractivity contribution < 1.29 is 18.0 Å². The van der Waals surface area contributed by atoms with Crippen LogP contribution in [-0.2, 0) is 11.0 Å². The van der Waals surface area contributed by atoms with E-state index in [1.807, 2.05) is 6.07 Å². The number of rotatable bonds is 1. The van der Waals surface area contributed by atoms with E-state index in [2.05, 4.69) is 0 Å². The van der Waals surface area contributed by atoms with Crippen LogP contribution in [0.3, 0.4) is 0 Å². The molecule has 102 valence electrons. The summed E-state index contributed by atoms with van der Waals surface area (Å²) in [5.74, 6) is -0.871. The minimum absolute atomic E-state index is 0.0163. The number of anilines is 1. The second kappa shape index (κ2) is 4.86. The molecule has 1 amide bonds. The lowest BCUT2D eigenvalue weighted by molar-refractivity contribution is -0.137. The molecule has 0 aromatic heterocycles. The van der Waals surface area contributed by atoms with Crippen molar-refractivity contribution in [2.75, 3.05) is 11.4 Å². The predicted octanol–water partition coefficient (Wildman–Crippen LogP) is 2.45. The van der Waals surface area contributed by atoms with E-state index in [9.17, 15) is 18.0 Å². The van der Waals surface area contributed by atoms with Gasteiger partial charge in [-0.15, -0.1) is 0 Å². The van der Waals surface area contributed by atoms with Gasteiger partial charge >= 0.3 is 6.18 Å². The Labute approximate surface area is 112 Å². The Kier molecular flexibility index (Phi) is 3.37. The monoisotopic (exact) mass is 279 g/mol. The van der Waals surface area contributed by atoms with Crippen LogP contribution in [0.15, 0.2) is 18.2 Å². The number of hydrogen-bond acceptors (Lipinski definition) is 3. The Hall–Kier alpha value is -2.54. The third kappa shape index (κ3) is 2.43. The summed E-state index contributed by atoms with van der Waals surface area (Å²) in [5.41, 5.74) is -1.06. The van der Waals surface area contributed by atoms with Crippen molar-refractivity contribution >= 4 is 11.6 Å². The standard InChI is InChI=1S/C13H8F3N3O/c14-13(15,16)10-1-2-11(9(4-10)6-18)19-7-8(5-17)3-12(19)20/h1-2,4,8H,3,7H2. The van der Waals surface area contributed by atoms with Crippen molar-refractivity contribution in [3.8, 4) is 12.1 Å². The van der Waals surface area contributed by atoms with Crippen LogP contribution in [0.1, 0.15) is 17.5 Å². The van der Waals surface area contributed by atoms with Crippen LogP contribution in [0.5, 0.6) is 0 Å². The van der Waals surface area contributed by atoms with Crippen LogP contribution in [0, 0.1) is 28.6 Å². The van der Waals surface area contributed by atoms with Gasteiger partial charge in [-0.1, -0.05) is 0 Å². The Morgan fingerprint density at radius 1 is 1.30 bits per heavy atom. The minimum Gasteiger partial charge on any atom is -0.310 e. The van der Waals surface area contributed by atoms with Gasteiger partial charge in [0.2, 0.25) is 5.91 Å². The van der Waals surface area contributed by atoms with Gasteiger partial charge in [0.1, 0.15) is 6.07 Å². The van der Waals surface area contributed by atoms with Gasteiger partial charge in [-0.3, -0.25) is 4.79 Å². The topological polar surface area (TPSA) is 67.9 Å². The first-order valence-corrected chi connectivity index (χ1v) is 5.68. The number of carbonyl (C=O) groups excluding carboxylic acids is 1. The van der Waals surface area contributed by atoms with Gasteiger partial charge in [0, 0.05) is 13.0 Å². The number of alkyl halides is 3. The van der Waals surface area contributed by atoms with Gasteiger partial charge < -0.3 is 4.90 Å². The van der Waals surface area contributed by atoms with Crippen molar-refractivity contribution in [3.05, 3.63) is 29.3 Å². The quantitative estimate of drug-likeness (QED) is 0.793. The zero-order valence-electron chi connectivity index (χ0n) is 10.1. The molecule has 1 saturated heterocycles. The molecular weight excluding hydrogens is 271 g/mol. The number of carbonyl (C=O) groups is 1. The van der Waals surface area contributed by atoms with Crippen LogP contribution in [0.25, 0.3) is 0 Å². The second-order valence-electron chi connectivity index (χ2n) is 4.38. The summed E-state index contributed by atoms with van der Waals surface area (Å²) in [5, 5.41) is 17.7. The molecule has 1 aromatic rings. The maximum atomic E-state index is 12.6. The van der Waals surface area contributed by atoms with Crippen LogP contribution in [0.4, 0.5) is 18.9 Å². The van der Waals surface area contributed by atoms with Gasteiger partial charge in [0.05, 0.1) is 28.8 Å². The lowest BCUT2D eigenvalue weighted by atomic mass is 10.1. The largest absolute Gasteiger partial charge is 0.416 e. The van der Waals surface area contributed by atoms with E-state index in [4.69, 9.17) is 10.5 Å². The van der Waals surface area contributed by atoms with E-state index in [0.717, 1.165) is 12.1 Å². The van der Waals surface area contributed by atoms with Crippen LogP contribution in [-0.4, -0.2) is 12.5 Å². The first-order chi connectivity index (χ1) is 9.36. The van der Waals surface area contributed by atoms with Crippen molar-refractivity contribution in [2.24, 2.45) is 5.92 Å². The van der Waals surface area contributed by atoms with Crippen molar-refractivity contribution in [1.29, 1.82) is 10.5 Å². The summed E-state index contributed by atoms with van der Waals surface area (Å²) in [6, 6.07) is 6.23. The van der Waals surface area contributed by atoms with Gasteiger partial charge in [0.15, 0.2) is 0 Å². The zero-order chi connectivity index (χ0) is 14.9. The summed E-state index contributed by atoms with van der Waals surface area (Å²) in [7, 11) is 0. The fraction of sp³-hybridized carbons (Fsp3) is 0.308. The highest BCUT2D eigenvalue weighted by atomic mass is 19.4. The SMILES string of the molecule is N#Cc1cc(C(F)(F)F)ccc1N1CC(C#N)CC1=O. The average Bonchev–Trinajstić information content (AvgIpc) is 2.78. The minimum atomic E-state index is -4.55. The molecule has 2 rings (SSSR count). The van der Waals surface area contributed by atoms with Crippen LogP contribution in [0.2, 0.25) is 0 Å². The molecule has 4 nitrogen and oxygen atoms in total. The van der Waals surface area contributed by atoms with Gasteiger partial charge in [-0.05, 0) is 18.2 Å². The number of nitriles is 2. The smallest absolute Gasteiger partial charge is 0.310 e. The Bertz CT molecular complexity index is 640. The van der Waals surface area contributed by atoms with E-state index in [-0.39, 0.29) is 30.1 Å². The first kappa shape index (κ1) is 13.9. The summed E-state index contributed by atoms with van der Waals surface area (Å²) in [6.45, 7) is 0.0926. The highest BCUT2D eigenvalue weighted by Gasteiger charge is 2.34. The third-order valence-corrected chi connectivity index (χ3v) is 3.04. The fourth-order valence-electron chi connectivity index (χ4n) is 2.06. The Morgan fingerprint density at radius 3 is 2.50 bits per heavy atom. The lowest BCUT2D eigenvalue weighted by Gasteiger charge is -2.18. The summed E-state index contributed by atoms with van der Waals surface area (Å²) < 4.78 is 37.7. The maximum Gasteiger partial charge on any atom is 0.416 e. The normalized spacial score (nSPS) is 18.8. The molecule has 1 atom stereocenters.